The van der Waals surface area contributed by atoms with Crippen LogP contribution in [-0.4, -0.2) is 16.0 Å². The number of aryl methyl sites for hydroxylation is 1. The Kier molecular flexibility index (Phi) is 2.91. The quantitative estimate of drug-likeness (QED) is 0.791. The topological polar surface area (TPSA) is 44.1 Å². The first-order chi connectivity index (χ1) is 9.29. The number of carbonyl (C=O) groups is 1. The van der Waals surface area contributed by atoms with Gasteiger partial charge < -0.3 is 9.30 Å². The number of aromatic nitrogens is 2. The number of allylic oxidation sites excluding steroid dienone is 2. The molecule has 96 valence electrons. The highest BCUT2D eigenvalue weighted by Gasteiger charge is 2.17. The summed E-state index contributed by atoms with van der Waals surface area (Å²) in [7, 11) is 0. The minimum Gasteiger partial charge on any atom is -0.429 e. The average Bonchev–Trinajstić information content (AvgIpc) is 2.94. The van der Waals surface area contributed by atoms with Gasteiger partial charge in [-0.3, -0.25) is 4.79 Å². The highest BCUT2D eigenvalue weighted by atomic mass is 16.5. The second-order valence-electron chi connectivity index (χ2n) is 4.57. The van der Waals surface area contributed by atoms with E-state index >= 15 is 0 Å². The second kappa shape index (κ2) is 4.72. The Labute approximate surface area is 111 Å². The van der Waals surface area contributed by atoms with Crippen molar-refractivity contribution < 1.29 is 9.53 Å². The molecule has 1 aromatic heterocycles. The summed E-state index contributed by atoms with van der Waals surface area (Å²) < 4.78 is 6.97. The summed E-state index contributed by atoms with van der Waals surface area (Å²) >= 11 is 0. The molecule has 0 atom stereocenters. The molecule has 0 unspecified atom stereocenters. The van der Waals surface area contributed by atoms with Gasteiger partial charge in [-0.1, -0.05) is 6.07 Å². The SMILES string of the molecule is CC1=C(n2ccnc2)CCc2ccc(OC=O)cc21. The van der Waals surface area contributed by atoms with E-state index in [4.69, 9.17) is 4.74 Å². The van der Waals surface area contributed by atoms with Gasteiger partial charge in [-0.2, -0.15) is 0 Å². The summed E-state index contributed by atoms with van der Waals surface area (Å²) in [6.07, 6.45) is 7.53. The number of ether oxygens (including phenoxy) is 1. The number of imidazole rings is 1. The van der Waals surface area contributed by atoms with Gasteiger partial charge in [0, 0.05) is 18.1 Å². The highest BCUT2D eigenvalue weighted by Crippen LogP contribution is 2.35. The number of fused-ring (bicyclic) bond motifs is 1. The first-order valence-corrected chi connectivity index (χ1v) is 6.21. The van der Waals surface area contributed by atoms with Crippen molar-refractivity contribution in [3.63, 3.8) is 0 Å². The van der Waals surface area contributed by atoms with Crippen molar-refractivity contribution in [1.82, 2.24) is 9.55 Å². The van der Waals surface area contributed by atoms with Crippen LogP contribution in [0.5, 0.6) is 5.75 Å². The Morgan fingerprint density at radius 3 is 3.00 bits per heavy atom. The Balaban J connectivity index is 2.09. The summed E-state index contributed by atoms with van der Waals surface area (Å²) in [6, 6.07) is 5.79. The van der Waals surface area contributed by atoms with E-state index in [-0.39, 0.29) is 0 Å². The van der Waals surface area contributed by atoms with E-state index in [0.29, 0.717) is 12.2 Å². The molecule has 2 aromatic rings. The van der Waals surface area contributed by atoms with Crippen molar-refractivity contribution in [2.75, 3.05) is 0 Å². The van der Waals surface area contributed by atoms with Crippen LogP contribution in [0.15, 0.2) is 36.9 Å². The fraction of sp³-hybridized carbons (Fsp3) is 0.200. The van der Waals surface area contributed by atoms with Crippen LogP contribution in [0, 0.1) is 0 Å². The standard InChI is InChI=1S/C15H14N2O2/c1-11-14-8-13(19-10-18)4-2-12(14)3-5-15(11)17-7-6-16-9-17/h2,4,6-10H,3,5H2,1H3. The van der Waals surface area contributed by atoms with Crippen molar-refractivity contribution >= 4 is 17.7 Å². The van der Waals surface area contributed by atoms with Gasteiger partial charge in [0.25, 0.3) is 6.47 Å². The number of carbonyl (C=O) groups excluding carboxylic acids is 1. The lowest BCUT2D eigenvalue weighted by Gasteiger charge is -2.22. The predicted octanol–water partition coefficient (Wildman–Crippen LogP) is 2.75. The molecule has 3 rings (SSSR count). The molecule has 4 nitrogen and oxygen atoms in total. The summed E-state index contributed by atoms with van der Waals surface area (Å²) in [4.78, 5) is 14.5. The van der Waals surface area contributed by atoms with E-state index in [1.54, 1.807) is 6.20 Å². The van der Waals surface area contributed by atoms with Gasteiger partial charge in [0.2, 0.25) is 0 Å². The molecule has 0 N–H and O–H groups in total. The molecule has 0 amide bonds. The first-order valence-electron chi connectivity index (χ1n) is 6.21. The van der Waals surface area contributed by atoms with Crippen LogP contribution in [0.1, 0.15) is 24.5 Å². The monoisotopic (exact) mass is 254 g/mol. The van der Waals surface area contributed by atoms with E-state index in [2.05, 4.69) is 11.9 Å². The van der Waals surface area contributed by atoms with E-state index < -0.39 is 0 Å². The number of benzene rings is 1. The summed E-state index contributed by atoms with van der Waals surface area (Å²) in [5.74, 6) is 0.583. The summed E-state index contributed by atoms with van der Waals surface area (Å²) in [5.41, 5.74) is 4.89. The third-order valence-corrected chi connectivity index (χ3v) is 3.55. The molecule has 1 aliphatic carbocycles. The Hall–Kier alpha value is -2.36. The molecular formula is C15H14N2O2. The normalized spacial score (nSPS) is 14.2. The van der Waals surface area contributed by atoms with E-state index in [1.165, 1.54) is 16.8 Å². The molecule has 0 fully saturated rings. The van der Waals surface area contributed by atoms with Crippen LogP contribution in [0.3, 0.4) is 0 Å². The van der Waals surface area contributed by atoms with Gasteiger partial charge in [0.1, 0.15) is 5.75 Å². The molecule has 0 saturated carbocycles. The highest BCUT2D eigenvalue weighted by molar-refractivity contribution is 5.85. The van der Waals surface area contributed by atoms with Crippen molar-refractivity contribution in [2.45, 2.75) is 19.8 Å². The van der Waals surface area contributed by atoms with Crippen molar-refractivity contribution in [2.24, 2.45) is 0 Å². The van der Waals surface area contributed by atoms with Gasteiger partial charge in [-0.25, -0.2) is 4.98 Å². The zero-order valence-corrected chi connectivity index (χ0v) is 10.7. The lowest BCUT2D eigenvalue weighted by Crippen LogP contribution is -2.07. The molecule has 1 aromatic carbocycles. The fourth-order valence-corrected chi connectivity index (χ4v) is 2.59. The number of nitrogens with zero attached hydrogens (tertiary/aromatic N) is 2. The van der Waals surface area contributed by atoms with Gasteiger partial charge in [-0.15, -0.1) is 0 Å². The minimum atomic E-state index is 0.459. The van der Waals surface area contributed by atoms with Crippen LogP contribution in [-0.2, 0) is 11.2 Å². The van der Waals surface area contributed by atoms with Crippen LogP contribution >= 0.6 is 0 Å². The van der Waals surface area contributed by atoms with Crippen LogP contribution in [0.2, 0.25) is 0 Å². The maximum atomic E-state index is 10.4. The van der Waals surface area contributed by atoms with Gasteiger partial charge in [-0.05, 0) is 48.6 Å². The number of hydrogen-bond donors (Lipinski definition) is 0. The number of hydrogen-bond acceptors (Lipinski definition) is 3. The maximum Gasteiger partial charge on any atom is 0.298 e. The molecule has 0 bridgehead atoms. The first kappa shape index (κ1) is 11.7. The molecule has 19 heavy (non-hydrogen) atoms. The van der Waals surface area contributed by atoms with Crippen LogP contribution < -0.4 is 4.74 Å². The summed E-state index contributed by atoms with van der Waals surface area (Å²) in [6.45, 7) is 2.55. The molecule has 0 radical (unpaired) electrons. The van der Waals surface area contributed by atoms with Gasteiger partial charge in [0.05, 0.1) is 6.33 Å². The Bertz CT molecular complexity index is 642. The molecule has 1 heterocycles. The Morgan fingerprint density at radius 1 is 1.37 bits per heavy atom. The molecule has 0 aliphatic heterocycles. The zero-order valence-electron chi connectivity index (χ0n) is 10.7. The van der Waals surface area contributed by atoms with Crippen LogP contribution in [0.25, 0.3) is 11.3 Å². The minimum absolute atomic E-state index is 0.459. The smallest absolute Gasteiger partial charge is 0.298 e. The predicted molar refractivity (Wildman–Crippen MR) is 72.5 cm³/mol. The fourth-order valence-electron chi connectivity index (χ4n) is 2.59. The molecule has 4 heteroatoms. The van der Waals surface area contributed by atoms with Crippen molar-refractivity contribution in [1.29, 1.82) is 0 Å². The van der Waals surface area contributed by atoms with E-state index in [1.807, 2.05) is 35.3 Å². The third kappa shape index (κ3) is 2.05. The van der Waals surface area contributed by atoms with Gasteiger partial charge in [0.15, 0.2) is 0 Å². The van der Waals surface area contributed by atoms with Gasteiger partial charge >= 0.3 is 0 Å². The largest absolute Gasteiger partial charge is 0.429 e. The maximum absolute atomic E-state index is 10.4. The summed E-state index contributed by atoms with van der Waals surface area (Å²) in [5, 5.41) is 0. The van der Waals surface area contributed by atoms with Crippen LogP contribution in [0.4, 0.5) is 0 Å². The molecule has 0 spiro atoms. The molecule has 1 aliphatic rings. The Morgan fingerprint density at radius 2 is 2.26 bits per heavy atom. The second-order valence-corrected chi connectivity index (χ2v) is 4.57. The average molecular weight is 254 g/mol. The van der Waals surface area contributed by atoms with Crippen molar-refractivity contribution in [3.8, 4) is 5.75 Å². The molecular weight excluding hydrogens is 240 g/mol. The van der Waals surface area contributed by atoms with Crippen molar-refractivity contribution in [3.05, 3.63) is 48.0 Å². The lowest BCUT2D eigenvalue weighted by atomic mass is 9.89. The molecule has 0 saturated heterocycles. The number of rotatable bonds is 3. The third-order valence-electron chi connectivity index (χ3n) is 3.55. The van der Waals surface area contributed by atoms with E-state index in [0.717, 1.165) is 18.4 Å². The van der Waals surface area contributed by atoms with E-state index in [9.17, 15) is 4.79 Å². The zero-order chi connectivity index (χ0) is 13.2. The lowest BCUT2D eigenvalue weighted by molar-refractivity contribution is -0.120.